The molecule has 0 aliphatic heterocycles. The van der Waals surface area contributed by atoms with E-state index in [1.807, 2.05) is 20.8 Å². The molecule has 15 heavy (non-hydrogen) atoms. The molecule has 1 rings (SSSR count). The summed E-state index contributed by atoms with van der Waals surface area (Å²) in [5.74, 6) is -0.532. The van der Waals surface area contributed by atoms with Gasteiger partial charge in [-0.25, -0.2) is 4.79 Å². The summed E-state index contributed by atoms with van der Waals surface area (Å²) in [6, 6.07) is 2.92. The van der Waals surface area contributed by atoms with Gasteiger partial charge in [0.25, 0.3) is 0 Å². The smallest absolute Gasteiger partial charge is 0.371 e. The first-order chi connectivity index (χ1) is 6.80. The Bertz CT molecular complexity index is 386. The molecule has 0 aliphatic rings. The van der Waals surface area contributed by atoms with Crippen molar-refractivity contribution in [2.24, 2.45) is 0 Å². The molecule has 0 saturated heterocycles. The van der Waals surface area contributed by atoms with Gasteiger partial charge >= 0.3 is 5.97 Å². The van der Waals surface area contributed by atoms with E-state index in [1.54, 1.807) is 6.07 Å². The first-order valence-electron chi connectivity index (χ1n) is 4.51. The van der Waals surface area contributed by atoms with Crippen LogP contribution in [0.1, 0.15) is 37.1 Å². The second kappa shape index (κ2) is 4.18. The van der Waals surface area contributed by atoms with Crippen LogP contribution < -0.4 is 0 Å². The van der Waals surface area contributed by atoms with Gasteiger partial charge < -0.3 is 9.52 Å². The molecule has 5 heteroatoms. The maximum atomic E-state index is 11.7. The predicted molar refractivity (Wildman–Crippen MR) is 57.3 cm³/mol. The second-order valence-corrected chi connectivity index (χ2v) is 6.38. The molecule has 0 bridgehead atoms. The molecule has 1 heterocycles. The zero-order valence-corrected chi connectivity index (χ0v) is 9.76. The van der Waals surface area contributed by atoms with Crippen LogP contribution in [0.15, 0.2) is 16.5 Å². The Kier molecular flexibility index (Phi) is 3.34. The first-order valence-corrected chi connectivity index (χ1v) is 5.83. The summed E-state index contributed by atoms with van der Waals surface area (Å²) in [5, 5.41) is 8.62. The molecule has 0 fully saturated rings. The third-order valence-corrected chi connectivity index (χ3v) is 3.74. The SMILES string of the molecule is CC(C)(C)S(=O)Cc1ccc(C(=O)O)o1. The van der Waals surface area contributed by atoms with Crippen LogP contribution in [0.5, 0.6) is 0 Å². The molecule has 0 radical (unpaired) electrons. The van der Waals surface area contributed by atoms with E-state index in [0.717, 1.165) is 0 Å². The van der Waals surface area contributed by atoms with Crippen LogP contribution in [0.2, 0.25) is 0 Å². The minimum absolute atomic E-state index is 0.115. The quantitative estimate of drug-likeness (QED) is 0.862. The zero-order chi connectivity index (χ0) is 11.6. The molecule has 84 valence electrons. The Morgan fingerprint density at radius 1 is 1.47 bits per heavy atom. The van der Waals surface area contributed by atoms with Gasteiger partial charge in [0.2, 0.25) is 5.76 Å². The summed E-state index contributed by atoms with van der Waals surface area (Å²) in [6.45, 7) is 5.60. The highest BCUT2D eigenvalue weighted by Gasteiger charge is 2.21. The lowest BCUT2D eigenvalue weighted by Crippen LogP contribution is -2.22. The maximum absolute atomic E-state index is 11.7. The van der Waals surface area contributed by atoms with Gasteiger partial charge in [-0.05, 0) is 32.9 Å². The number of hydrogen-bond acceptors (Lipinski definition) is 3. The van der Waals surface area contributed by atoms with Crippen LogP contribution in [-0.2, 0) is 16.6 Å². The van der Waals surface area contributed by atoms with Gasteiger partial charge in [0.1, 0.15) is 5.76 Å². The third-order valence-electron chi connectivity index (χ3n) is 1.83. The molecule has 1 aromatic rings. The van der Waals surface area contributed by atoms with Crippen molar-refractivity contribution in [3.8, 4) is 0 Å². The van der Waals surface area contributed by atoms with Gasteiger partial charge in [-0.3, -0.25) is 4.21 Å². The molecule has 1 unspecified atom stereocenters. The van der Waals surface area contributed by atoms with Gasteiger partial charge in [-0.15, -0.1) is 0 Å². The summed E-state index contributed by atoms with van der Waals surface area (Å²) >= 11 is 0. The highest BCUT2D eigenvalue weighted by molar-refractivity contribution is 7.85. The van der Waals surface area contributed by atoms with Crippen LogP contribution in [0.25, 0.3) is 0 Å². The monoisotopic (exact) mass is 230 g/mol. The van der Waals surface area contributed by atoms with Crippen molar-refractivity contribution >= 4 is 16.8 Å². The van der Waals surface area contributed by atoms with E-state index in [-0.39, 0.29) is 16.3 Å². The standard InChI is InChI=1S/C10H14O4S/c1-10(2,3)15(13)6-7-4-5-8(14-7)9(11)12/h4-5H,6H2,1-3H3,(H,11,12). The van der Waals surface area contributed by atoms with Crippen molar-refractivity contribution in [1.82, 2.24) is 0 Å². The molecule has 0 spiro atoms. The first kappa shape index (κ1) is 12.0. The number of carbonyl (C=O) groups is 1. The summed E-state index contributed by atoms with van der Waals surface area (Å²) in [4.78, 5) is 10.5. The normalized spacial score (nSPS) is 13.8. The minimum atomic E-state index is -1.11. The lowest BCUT2D eigenvalue weighted by atomic mass is 10.3. The lowest BCUT2D eigenvalue weighted by Gasteiger charge is -2.16. The van der Waals surface area contributed by atoms with Crippen molar-refractivity contribution in [1.29, 1.82) is 0 Å². The average molecular weight is 230 g/mol. The summed E-state index contributed by atoms with van der Waals surface area (Å²) in [7, 11) is -1.07. The minimum Gasteiger partial charge on any atom is -0.475 e. The third kappa shape index (κ3) is 3.20. The Morgan fingerprint density at radius 2 is 2.07 bits per heavy atom. The lowest BCUT2D eigenvalue weighted by molar-refractivity contribution is 0.0661. The van der Waals surface area contributed by atoms with Gasteiger partial charge in [-0.1, -0.05) is 0 Å². The fourth-order valence-corrected chi connectivity index (χ4v) is 1.76. The van der Waals surface area contributed by atoms with Gasteiger partial charge in [0, 0.05) is 15.5 Å². The van der Waals surface area contributed by atoms with Crippen LogP contribution in [0, 0.1) is 0 Å². The van der Waals surface area contributed by atoms with Gasteiger partial charge in [-0.2, -0.15) is 0 Å². The van der Waals surface area contributed by atoms with E-state index in [0.29, 0.717) is 5.76 Å². The Morgan fingerprint density at radius 3 is 2.47 bits per heavy atom. The molecule has 4 nitrogen and oxygen atoms in total. The second-order valence-electron chi connectivity index (χ2n) is 4.17. The molecular formula is C10H14O4S. The molecule has 0 saturated carbocycles. The number of rotatable bonds is 3. The molecular weight excluding hydrogens is 216 g/mol. The molecule has 0 aliphatic carbocycles. The number of carboxylic acid groups (broad SMARTS) is 1. The highest BCUT2D eigenvalue weighted by atomic mass is 32.2. The molecule has 0 amide bonds. The molecule has 0 aromatic carbocycles. The Hall–Kier alpha value is -1.10. The van der Waals surface area contributed by atoms with Crippen molar-refractivity contribution < 1.29 is 18.5 Å². The zero-order valence-electron chi connectivity index (χ0n) is 8.94. The van der Waals surface area contributed by atoms with Gasteiger partial charge in [0.05, 0.1) is 5.75 Å². The van der Waals surface area contributed by atoms with Crippen LogP contribution in [0.4, 0.5) is 0 Å². The van der Waals surface area contributed by atoms with E-state index in [9.17, 15) is 9.00 Å². The molecule has 1 atom stereocenters. The largest absolute Gasteiger partial charge is 0.475 e. The van der Waals surface area contributed by atoms with Crippen molar-refractivity contribution in [2.45, 2.75) is 31.3 Å². The predicted octanol–water partition coefficient (Wildman–Crippen LogP) is 2.02. The molecule has 1 N–H and O–H groups in total. The Balaban J connectivity index is 2.74. The Labute approximate surface area is 90.7 Å². The summed E-state index contributed by atoms with van der Waals surface area (Å²) < 4.78 is 16.4. The van der Waals surface area contributed by atoms with E-state index in [1.165, 1.54) is 6.07 Å². The number of hydrogen-bond donors (Lipinski definition) is 1. The van der Waals surface area contributed by atoms with E-state index in [4.69, 9.17) is 9.52 Å². The molecule has 1 aromatic heterocycles. The van der Waals surface area contributed by atoms with Crippen LogP contribution in [-0.4, -0.2) is 20.0 Å². The van der Waals surface area contributed by atoms with Crippen molar-refractivity contribution in [2.75, 3.05) is 0 Å². The maximum Gasteiger partial charge on any atom is 0.371 e. The van der Waals surface area contributed by atoms with Gasteiger partial charge in [0.15, 0.2) is 0 Å². The van der Waals surface area contributed by atoms with E-state index >= 15 is 0 Å². The van der Waals surface area contributed by atoms with E-state index in [2.05, 4.69) is 0 Å². The number of aromatic carboxylic acids is 1. The van der Waals surface area contributed by atoms with Crippen molar-refractivity contribution in [3.63, 3.8) is 0 Å². The van der Waals surface area contributed by atoms with E-state index < -0.39 is 16.8 Å². The van der Waals surface area contributed by atoms with Crippen LogP contribution >= 0.6 is 0 Å². The number of carboxylic acids is 1. The topological polar surface area (TPSA) is 67.5 Å². The average Bonchev–Trinajstić information content (AvgIpc) is 2.50. The van der Waals surface area contributed by atoms with Crippen molar-refractivity contribution in [3.05, 3.63) is 23.7 Å². The van der Waals surface area contributed by atoms with Crippen LogP contribution in [0.3, 0.4) is 0 Å². The number of furan rings is 1. The fourth-order valence-electron chi connectivity index (χ4n) is 0.916. The summed E-state index contributed by atoms with van der Waals surface area (Å²) in [6.07, 6.45) is 0. The fraction of sp³-hybridized carbons (Fsp3) is 0.500. The summed E-state index contributed by atoms with van der Waals surface area (Å²) in [5.41, 5.74) is 0. The highest BCUT2D eigenvalue weighted by Crippen LogP contribution is 2.17.